The second-order valence-corrected chi connectivity index (χ2v) is 10.2. The van der Waals surface area contributed by atoms with Crippen molar-refractivity contribution in [2.24, 2.45) is 0 Å². The molecule has 3 aliphatic carbocycles. The van der Waals surface area contributed by atoms with Crippen LogP contribution in [-0.2, 0) is 21.7 Å². The summed E-state index contributed by atoms with van der Waals surface area (Å²) in [6, 6.07) is 25.5. The summed E-state index contributed by atoms with van der Waals surface area (Å²) in [5.74, 6) is -1.76. The van der Waals surface area contributed by atoms with Gasteiger partial charge in [-0.2, -0.15) is 12.7 Å². The monoisotopic (exact) mass is 596 g/mol. The number of hydrogen-bond acceptors (Lipinski definition) is 3. The molecule has 0 amide bonds. The molecule has 214 valence electrons. The van der Waals surface area contributed by atoms with Crippen LogP contribution >= 0.6 is 0 Å². The first-order chi connectivity index (χ1) is 20.0. The standard InChI is InChI=1S/C13H17.2C11H8O2.CH3O.Ti/c1-3-7-12-10(5-1)9-11-6-2-4-8-13(11)12;2*12-11(13)10-7-3-5-8-4-1-2-6-9(8)10;1-2;/h5H,1-4,6-9H2;2*1-7H,(H,12,13);1H3;/q-1;;;-1;+2. The summed E-state index contributed by atoms with van der Waals surface area (Å²) in [4.78, 5) is 21.6. The normalized spacial score (nSPS) is 14.8. The minimum absolute atomic E-state index is 0. The van der Waals surface area contributed by atoms with Crippen molar-refractivity contribution >= 4 is 33.5 Å². The Morgan fingerprint density at radius 3 is 1.67 bits per heavy atom. The van der Waals surface area contributed by atoms with Crippen molar-refractivity contribution in [2.45, 2.75) is 51.4 Å². The predicted molar refractivity (Wildman–Crippen MR) is 163 cm³/mol. The number of fused-ring (bicyclic) bond motifs is 3. The number of carboxylic acids is 2. The van der Waals surface area contributed by atoms with Crippen LogP contribution in [0.25, 0.3) is 21.5 Å². The number of carboxylic acid groups (broad SMARTS) is 2. The summed E-state index contributed by atoms with van der Waals surface area (Å²) in [7, 11) is 0.750. The van der Waals surface area contributed by atoms with Crippen molar-refractivity contribution in [2.75, 3.05) is 7.11 Å². The third-order valence-electron chi connectivity index (χ3n) is 7.80. The third-order valence-corrected chi connectivity index (χ3v) is 7.80. The van der Waals surface area contributed by atoms with E-state index in [0.717, 1.165) is 28.7 Å². The number of allylic oxidation sites excluding steroid dienone is 4. The number of rotatable bonds is 2. The summed E-state index contributed by atoms with van der Waals surface area (Å²) in [5, 5.41) is 29.5. The van der Waals surface area contributed by atoms with Gasteiger partial charge in [-0.05, 0) is 59.4 Å². The fourth-order valence-electron chi connectivity index (χ4n) is 5.94. The van der Waals surface area contributed by atoms with E-state index >= 15 is 0 Å². The van der Waals surface area contributed by atoms with Gasteiger partial charge >= 0.3 is 33.7 Å². The Morgan fingerprint density at radius 1 is 0.643 bits per heavy atom. The van der Waals surface area contributed by atoms with Gasteiger partial charge in [-0.15, -0.1) is 12.0 Å². The van der Waals surface area contributed by atoms with E-state index in [2.05, 4.69) is 6.42 Å². The van der Waals surface area contributed by atoms with Gasteiger partial charge < -0.3 is 15.3 Å². The smallest absolute Gasteiger partial charge is 0.857 e. The maximum absolute atomic E-state index is 10.8. The SMILES string of the molecule is C[O-].O=C(O)c1cccc2ccccc12.O=C(O)c1cccc2ccccc12.[CH-]1CCCC2=C1CC1=C2CCCC1.[Ti+2]. The molecular formula is C36H36O5Ti. The van der Waals surface area contributed by atoms with E-state index in [1.807, 2.05) is 60.7 Å². The van der Waals surface area contributed by atoms with E-state index in [-0.39, 0.29) is 21.7 Å². The second-order valence-electron chi connectivity index (χ2n) is 10.2. The maximum Gasteiger partial charge on any atom is 2.00 e. The third kappa shape index (κ3) is 7.80. The molecule has 4 aromatic rings. The van der Waals surface area contributed by atoms with Gasteiger partial charge in [-0.3, -0.25) is 0 Å². The van der Waals surface area contributed by atoms with Crippen LogP contribution < -0.4 is 5.11 Å². The average Bonchev–Trinajstić information content (AvgIpc) is 3.41. The molecule has 3 aliphatic rings. The molecule has 0 spiro atoms. The van der Waals surface area contributed by atoms with Gasteiger partial charge in [-0.25, -0.2) is 21.6 Å². The zero-order valence-electron chi connectivity index (χ0n) is 23.9. The molecule has 0 aliphatic heterocycles. The topological polar surface area (TPSA) is 97.7 Å². The van der Waals surface area contributed by atoms with Gasteiger partial charge in [0.2, 0.25) is 0 Å². The zero-order chi connectivity index (χ0) is 29.2. The van der Waals surface area contributed by atoms with Crippen LogP contribution in [-0.4, -0.2) is 29.3 Å². The van der Waals surface area contributed by atoms with Crippen LogP contribution in [0.4, 0.5) is 0 Å². The summed E-state index contributed by atoms with van der Waals surface area (Å²) < 4.78 is 0. The van der Waals surface area contributed by atoms with Gasteiger partial charge in [0.15, 0.2) is 0 Å². The molecule has 6 heteroatoms. The fourth-order valence-corrected chi connectivity index (χ4v) is 5.94. The molecule has 0 heterocycles. The van der Waals surface area contributed by atoms with Crippen LogP contribution in [0.3, 0.4) is 0 Å². The van der Waals surface area contributed by atoms with Crippen LogP contribution in [0.15, 0.2) is 107 Å². The molecule has 0 unspecified atom stereocenters. The second kappa shape index (κ2) is 16.1. The molecular weight excluding hydrogens is 560 g/mol. The molecule has 4 aromatic carbocycles. The Hall–Kier alpha value is -3.64. The van der Waals surface area contributed by atoms with Crippen LogP contribution in [0.1, 0.15) is 72.1 Å². The molecule has 0 atom stereocenters. The Kier molecular flexibility index (Phi) is 12.6. The summed E-state index contributed by atoms with van der Waals surface area (Å²) in [6.07, 6.45) is 13.6. The van der Waals surface area contributed by atoms with E-state index in [0.29, 0.717) is 11.1 Å². The minimum Gasteiger partial charge on any atom is -0.857 e. The first-order valence-electron chi connectivity index (χ1n) is 14.1. The molecule has 0 radical (unpaired) electrons. The zero-order valence-corrected chi connectivity index (χ0v) is 25.5. The summed E-state index contributed by atoms with van der Waals surface area (Å²) in [6.45, 7) is 0. The molecule has 0 fully saturated rings. The van der Waals surface area contributed by atoms with Gasteiger partial charge in [0.25, 0.3) is 0 Å². The van der Waals surface area contributed by atoms with E-state index in [1.165, 1.54) is 51.4 Å². The fraction of sp³-hybridized carbons (Fsp3) is 0.250. The Bertz CT molecular complexity index is 1470. The molecule has 7 rings (SSSR count). The van der Waals surface area contributed by atoms with Gasteiger partial charge in [-0.1, -0.05) is 97.6 Å². The maximum atomic E-state index is 10.8. The number of hydrogen-bond donors (Lipinski definition) is 2. The molecule has 0 saturated heterocycles. The van der Waals surface area contributed by atoms with E-state index in [9.17, 15) is 9.59 Å². The van der Waals surface area contributed by atoms with Crippen molar-refractivity contribution in [3.63, 3.8) is 0 Å². The molecule has 0 aromatic heterocycles. The molecule has 5 nitrogen and oxygen atoms in total. The van der Waals surface area contributed by atoms with Crippen LogP contribution in [0.2, 0.25) is 0 Å². The van der Waals surface area contributed by atoms with E-state index in [1.54, 1.807) is 46.6 Å². The van der Waals surface area contributed by atoms with Crippen molar-refractivity contribution in [3.8, 4) is 0 Å². The minimum atomic E-state index is -0.878. The number of aromatic carboxylic acids is 2. The molecule has 2 N–H and O–H groups in total. The summed E-state index contributed by atoms with van der Waals surface area (Å²) in [5.41, 5.74) is 7.78. The molecule has 0 bridgehead atoms. The molecule has 42 heavy (non-hydrogen) atoms. The summed E-state index contributed by atoms with van der Waals surface area (Å²) >= 11 is 0. The van der Waals surface area contributed by atoms with Gasteiger partial charge in [0, 0.05) is 0 Å². The van der Waals surface area contributed by atoms with Gasteiger partial charge in [0.05, 0.1) is 11.1 Å². The van der Waals surface area contributed by atoms with Crippen molar-refractivity contribution < 1.29 is 46.6 Å². The van der Waals surface area contributed by atoms with Crippen molar-refractivity contribution in [1.82, 2.24) is 0 Å². The first-order valence-corrected chi connectivity index (χ1v) is 14.1. The van der Waals surface area contributed by atoms with Crippen LogP contribution in [0, 0.1) is 6.42 Å². The number of benzene rings is 4. The quantitative estimate of drug-likeness (QED) is 0.181. The Morgan fingerprint density at radius 2 is 1.12 bits per heavy atom. The Labute approximate surface area is 262 Å². The largest absolute Gasteiger partial charge is 2.00 e. The van der Waals surface area contributed by atoms with Gasteiger partial charge in [0.1, 0.15) is 0 Å². The first kappa shape index (κ1) is 32.9. The van der Waals surface area contributed by atoms with Crippen LogP contribution in [0.5, 0.6) is 0 Å². The van der Waals surface area contributed by atoms with E-state index < -0.39 is 11.9 Å². The molecule has 0 saturated carbocycles. The average molecular weight is 597 g/mol. The van der Waals surface area contributed by atoms with Crippen molar-refractivity contribution in [1.29, 1.82) is 0 Å². The van der Waals surface area contributed by atoms with E-state index in [4.69, 9.17) is 15.3 Å². The van der Waals surface area contributed by atoms with Crippen molar-refractivity contribution in [3.05, 3.63) is 125 Å². The predicted octanol–water partition coefficient (Wildman–Crippen LogP) is 8.00. The number of carbonyl (C=O) groups is 2. The Balaban J connectivity index is 0.000000166.